The Labute approximate surface area is 193 Å². The van der Waals surface area contributed by atoms with Gasteiger partial charge in [-0.05, 0) is 55.5 Å². The highest BCUT2D eigenvalue weighted by atomic mass is 16.4. The summed E-state index contributed by atoms with van der Waals surface area (Å²) in [5, 5.41) is 24.2. The van der Waals surface area contributed by atoms with Gasteiger partial charge in [0, 0.05) is 6.42 Å². The Kier molecular flexibility index (Phi) is 10.3. The molecular weight excluding hydrogens is 424 g/mol. The van der Waals surface area contributed by atoms with Gasteiger partial charge in [0.15, 0.2) is 0 Å². The van der Waals surface area contributed by atoms with Crippen LogP contribution in [0.15, 0.2) is 54.6 Å². The lowest BCUT2D eigenvalue weighted by atomic mass is 10.0. The van der Waals surface area contributed by atoms with Crippen LogP contribution in [0.4, 0.5) is 0 Å². The predicted octanol–water partition coefficient (Wildman–Crippen LogP) is 0.688. The van der Waals surface area contributed by atoms with E-state index in [9.17, 15) is 24.6 Å². The average molecular weight is 457 g/mol. The van der Waals surface area contributed by atoms with Gasteiger partial charge in [0.1, 0.15) is 17.8 Å². The van der Waals surface area contributed by atoms with E-state index in [-0.39, 0.29) is 25.0 Å². The first kappa shape index (κ1) is 25.8. The molecule has 2 aromatic carbocycles. The number of hydrogen-bond donors (Lipinski definition) is 6. The van der Waals surface area contributed by atoms with E-state index in [1.807, 2.05) is 30.3 Å². The number of carbonyl (C=O) groups excluding carboxylic acids is 2. The quantitative estimate of drug-likeness (QED) is 0.241. The van der Waals surface area contributed by atoms with E-state index in [0.717, 1.165) is 5.56 Å². The molecule has 0 aliphatic carbocycles. The third-order valence-corrected chi connectivity index (χ3v) is 5.21. The molecule has 178 valence electrons. The van der Waals surface area contributed by atoms with E-state index in [0.29, 0.717) is 24.9 Å². The molecule has 0 aromatic heterocycles. The fourth-order valence-electron chi connectivity index (χ4n) is 3.34. The van der Waals surface area contributed by atoms with Crippen molar-refractivity contribution in [1.29, 1.82) is 0 Å². The number of rotatable bonds is 13. The molecule has 8 N–H and O–H groups in total. The molecule has 0 bridgehead atoms. The number of aromatic hydroxyl groups is 1. The lowest BCUT2D eigenvalue weighted by molar-refractivity contribution is -0.142. The van der Waals surface area contributed by atoms with Crippen molar-refractivity contribution < 1.29 is 24.6 Å². The molecule has 2 rings (SSSR count). The Balaban J connectivity index is 2.12. The van der Waals surface area contributed by atoms with Crippen LogP contribution in [0.1, 0.15) is 30.4 Å². The number of phenols is 1. The number of carbonyl (C=O) groups is 3. The molecule has 33 heavy (non-hydrogen) atoms. The number of nitrogens with two attached hydrogens (primary N) is 2. The van der Waals surface area contributed by atoms with Crippen molar-refractivity contribution in [3.8, 4) is 5.75 Å². The van der Waals surface area contributed by atoms with E-state index in [2.05, 4.69) is 10.6 Å². The number of carboxylic acids is 1. The highest BCUT2D eigenvalue weighted by Gasteiger charge is 2.28. The van der Waals surface area contributed by atoms with Crippen LogP contribution in [-0.4, -0.2) is 52.7 Å². The Morgan fingerprint density at radius 3 is 2.03 bits per heavy atom. The number of benzene rings is 2. The first-order valence-electron chi connectivity index (χ1n) is 10.9. The van der Waals surface area contributed by atoms with E-state index < -0.39 is 35.9 Å². The van der Waals surface area contributed by atoms with Crippen molar-refractivity contribution in [3.05, 3.63) is 65.7 Å². The van der Waals surface area contributed by atoms with Crippen LogP contribution in [0.2, 0.25) is 0 Å². The molecule has 0 spiro atoms. The smallest absolute Gasteiger partial charge is 0.326 e. The summed E-state index contributed by atoms with van der Waals surface area (Å²) in [7, 11) is 0. The summed E-state index contributed by atoms with van der Waals surface area (Å²) in [4.78, 5) is 37.3. The molecule has 0 fully saturated rings. The fourth-order valence-corrected chi connectivity index (χ4v) is 3.34. The average Bonchev–Trinajstić information content (AvgIpc) is 2.79. The number of nitrogens with one attached hydrogen (secondary N) is 2. The van der Waals surface area contributed by atoms with Crippen molar-refractivity contribution in [2.24, 2.45) is 11.5 Å². The summed E-state index contributed by atoms with van der Waals surface area (Å²) >= 11 is 0. The maximum atomic E-state index is 13.0. The second-order valence-corrected chi connectivity index (χ2v) is 7.91. The fraction of sp³-hybridized carbons (Fsp3) is 0.375. The van der Waals surface area contributed by atoms with Crippen LogP contribution in [0.3, 0.4) is 0 Å². The van der Waals surface area contributed by atoms with Gasteiger partial charge in [-0.15, -0.1) is 0 Å². The molecule has 0 unspecified atom stereocenters. The zero-order valence-electron chi connectivity index (χ0n) is 18.4. The van der Waals surface area contributed by atoms with Gasteiger partial charge in [0.2, 0.25) is 11.8 Å². The van der Waals surface area contributed by atoms with Gasteiger partial charge in [-0.25, -0.2) is 4.79 Å². The Bertz CT molecular complexity index is 905. The minimum absolute atomic E-state index is 0.0690. The first-order valence-corrected chi connectivity index (χ1v) is 10.9. The summed E-state index contributed by atoms with van der Waals surface area (Å²) in [5.74, 6) is -2.23. The summed E-state index contributed by atoms with van der Waals surface area (Å²) in [6.07, 6.45) is 1.81. The Morgan fingerprint density at radius 2 is 1.42 bits per heavy atom. The lowest BCUT2D eigenvalue weighted by Gasteiger charge is -2.23. The summed E-state index contributed by atoms with van der Waals surface area (Å²) in [5.41, 5.74) is 13.1. The maximum Gasteiger partial charge on any atom is 0.326 e. The number of carboxylic acid groups (broad SMARTS) is 1. The number of unbranched alkanes of at least 4 members (excludes halogenated alkanes) is 1. The Hall–Kier alpha value is -3.43. The zero-order valence-corrected chi connectivity index (χ0v) is 18.4. The highest BCUT2D eigenvalue weighted by molar-refractivity contribution is 5.92. The van der Waals surface area contributed by atoms with Crippen molar-refractivity contribution in [2.45, 2.75) is 50.2 Å². The lowest BCUT2D eigenvalue weighted by Crippen LogP contribution is -2.55. The molecule has 0 aliphatic heterocycles. The summed E-state index contributed by atoms with van der Waals surface area (Å²) in [6.45, 7) is 0.430. The van der Waals surface area contributed by atoms with Crippen LogP contribution in [0.25, 0.3) is 0 Å². The topological polar surface area (TPSA) is 168 Å². The molecule has 0 saturated carbocycles. The third-order valence-electron chi connectivity index (χ3n) is 5.21. The van der Waals surface area contributed by atoms with Gasteiger partial charge in [-0.2, -0.15) is 0 Å². The van der Waals surface area contributed by atoms with Crippen LogP contribution in [0.5, 0.6) is 5.75 Å². The van der Waals surface area contributed by atoms with Gasteiger partial charge in [-0.3, -0.25) is 9.59 Å². The third kappa shape index (κ3) is 8.91. The van der Waals surface area contributed by atoms with Crippen molar-refractivity contribution in [2.75, 3.05) is 6.54 Å². The van der Waals surface area contributed by atoms with Gasteiger partial charge >= 0.3 is 5.97 Å². The van der Waals surface area contributed by atoms with E-state index in [1.165, 1.54) is 12.1 Å². The van der Waals surface area contributed by atoms with E-state index >= 15 is 0 Å². The second-order valence-electron chi connectivity index (χ2n) is 7.91. The van der Waals surface area contributed by atoms with Crippen molar-refractivity contribution >= 4 is 17.8 Å². The maximum absolute atomic E-state index is 13.0. The van der Waals surface area contributed by atoms with Crippen molar-refractivity contribution in [1.82, 2.24) is 10.6 Å². The molecule has 0 aliphatic rings. The number of aliphatic carboxylic acids is 1. The van der Waals surface area contributed by atoms with E-state index in [1.54, 1.807) is 12.1 Å². The molecule has 3 atom stereocenters. The SMILES string of the molecule is NCCCC[C@H](NC(=O)[C@H](Cc1ccc(O)cc1)NC(=O)[C@@H](N)Cc1ccccc1)C(=O)O. The van der Waals surface area contributed by atoms with Crippen LogP contribution >= 0.6 is 0 Å². The predicted molar refractivity (Wildman–Crippen MR) is 124 cm³/mol. The Morgan fingerprint density at radius 1 is 0.818 bits per heavy atom. The van der Waals surface area contributed by atoms with Crippen LogP contribution in [-0.2, 0) is 27.2 Å². The number of hydrogen-bond acceptors (Lipinski definition) is 6. The first-order chi connectivity index (χ1) is 15.8. The van der Waals surface area contributed by atoms with E-state index in [4.69, 9.17) is 11.5 Å². The van der Waals surface area contributed by atoms with Gasteiger partial charge in [0.25, 0.3) is 0 Å². The normalized spacial score (nSPS) is 13.5. The molecule has 9 heteroatoms. The number of amides is 2. The van der Waals surface area contributed by atoms with Gasteiger partial charge < -0.3 is 32.3 Å². The molecule has 2 aromatic rings. The molecule has 2 amide bonds. The monoisotopic (exact) mass is 456 g/mol. The minimum atomic E-state index is -1.16. The molecule has 9 nitrogen and oxygen atoms in total. The zero-order chi connectivity index (χ0) is 24.2. The van der Waals surface area contributed by atoms with Crippen LogP contribution in [0, 0.1) is 0 Å². The molecular formula is C24H32N4O5. The van der Waals surface area contributed by atoms with Crippen molar-refractivity contribution in [3.63, 3.8) is 0 Å². The van der Waals surface area contributed by atoms with Gasteiger partial charge in [-0.1, -0.05) is 42.5 Å². The standard InChI is InChI=1S/C24H32N4O5/c25-13-5-4-8-20(24(32)33)27-23(31)21(15-17-9-11-18(29)12-10-17)28-22(30)19(26)14-16-6-2-1-3-7-16/h1-3,6-7,9-12,19-21,29H,4-5,8,13-15,25-26H2,(H,27,31)(H,28,30)(H,32,33)/t19-,20-,21-/m0/s1. The number of phenolic OH excluding ortho intramolecular Hbond substituents is 1. The van der Waals surface area contributed by atoms with Crippen LogP contribution < -0.4 is 22.1 Å². The molecule has 0 radical (unpaired) electrons. The molecule has 0 heterocycles. The second kappa shape index (κ2) is 13.2. The van der Waals surface area contributed by atoms with Gasteiger partial charge in [0.05, 0.1) is 6.04 Å². The summed E-state index contributed by atoms with van der Waals surface area (Å²) in [6, 6.07) is 12.4. The summed E-state index contributed by atoms with van der Waals surface area (Å²) < 4.78 is 0. The highest BCUT2D eigenvalue weighted by Crippen LogP contribution is 2.12. The minimum Gasteiger partial charge on any atom is -0.508 e. The molecule has 0 saturated heterocycles. The largest absolute Gasteiger partial charge is 0.508 e.